The minimum absolute atomic E-state index is 0.422. The number of nitrogens with one attached hydrogen (secondary N) is 1. The maximum absolute atomic E-state index is 5.81. The Kier molecular flexibility index (Phi) is 5.41. The Bertz CT molecular complexity index is 371. The molecule has 0 aromatic heterocycles. The second-order valence-corrected chi connectivity index (χ2v) is 5.80. The van der Waals surface area contributed by atoms with E-state index in [2.05, 4.69) is 50.4 Å². The minimum Gasteiger partial charge on any atom is -0.378 e. The molecule has 2 rings (SSSR count). The van der Waals surface area contributed by atoms with Crippen LogP contribution in [0.25, 0.3) is 0 Å². The summed E-state index contributed by atoms with van der Waals surface area (Å²) in [5, 5.41) is 3.76. The Labute approximate surface area is 117 Å². The highest BCUT2D eigenvalue weighted by molar-refractivity contribution is 5.23. The molecular formula is C17H27NO. The van der Waals surface area contributed by atoms with Gasteiger partial charge in [-0.25, -0.2) is 0 Å². The second kappa shape index (κ2) is 7.06. The highest BCUT2D eigenvalue weighted by Gasteiger charge is 2.23. The van der Waals surface area contributed by atoms with Crippen molar-refractivity contribution in [3.05, 3.63) is 35.4 Å². The van der Waals surface area contributed by atoms with Gasteiger partial charge >= 0.3 is 0 Å². The third kappa shape index (κ3) is 4.32. The molecule has 1 aromatic rings. The number of benzene rings is 1. The van der Waals surface area contributed by atoms with Crippen molar-refractivity contribution in [2.75, 3.05) is 6.61 Å². The normalized spacial score (nSPS) is 25.2. The van der Waals surface area contributed by atoms with E-state index in [-0.39, 0.29) is 0 Å². The lowest BCUT2D eigenvalue weighted by molar-refractivity contribution is -0.00472. The molecule has 2 nitrogen and oxygen atoms in total. The first-order valence-electron chi connectivity index (χ1n) is 7.63. The maximum Gasteiger partial charge on any atom is 0.0589 e. The Balaban J connectivity index is 1.87. The van der Waals surface area contributed by atoms with Gasteiger partial charge in [-0.3, -0.25) is 0 Å². The van der Waals surface area contributed by atoms with E-state index in [1.54, 1.807) is 0 Å². The molecule has 1 heterocycles. The molecule has 106 valence electrons. The lowest BCUT2D eigenvalue weighted by Gasteiger charge is -2.32. The molecule has 19 heavy (non-hydrogen) atoms. The number of rotatable bonds is 5. The molecule has 0 bridgehead atoms. The van der Waals surface area contributed by atoms with Crippen LogP contribution in [0.2, 0.25) is 0 Å². The Morgan fingerprint density at radius 1 is 1.32 bits per heavy atom. The van der Waals surface area contributed by atoms with Gasteiger partial charge in [0.25, 0.3) is 0 Å². The molecule has 0 aliphatic carbocycles. The van der Waals surface area contributed by atoms with E-state index in [9.17, 15) is 0 Å². The molecule has 1 saturated heterocycles. The Morgan fingerprint density at radius 3 is 2.74 bits per heavy atom. The van der Waals surface area contributed by atoms with Gasteiger partial charge in [0.2, 0.25) is 0 Å². The molecule has 1 fully saturated rings. The fraction of sp³-hybridized carbons (Fsp3) is 0.647. The van der Waals surface area contributed by atoms with E-state index >= 15 is 0 Å². The first-order valence-corrected chi connectivity index (χ1v) is 7.63. The van der Waals surface area contributed by atoms with Crippen LogP contribution < -0.4 is 5.32 Å². The smallest absolute Gasteiger partial charge is 0.0589 e. The largest absolute Gasteiger partial charge is 0.378 e. The molecule has 3 atom stereocenters. The van der Waals surface area contributed by atoms with Gasteiger partial charge in [0, 0.05) is 18.7 Å². The summed E-state index contributed by atoms with van der Waals surface area (Å²) >= 11 is 0. The van der Waals surface area contributed by atoms with Gasteiger partial charge in [0.15, 0.2) is 0 Å². The minimum atomic E-state index is 0.422. The zero-order valence-corrected chi connectivity index (χ0v) is 12.5. The third-order valence-electron chi connectivity index (χ3n) is 4.04. The van der Waals surface area contributed by atoms with E-state index in [1.807, 2.05) is 0 Å². The summed E-state index contributed by atoms with van der Waals surface area (Å²) in [4.78, 5) is 0. The van der Waals surface area contributed by atoms with Crippen LogP contribution in [0.5, 0.6) is 0 Å². The monoisotopic (exact) mass is 261 g/mol. The van der Waals surface area contributed by atoms with Crippen molar-refractivity contribution >= 4 is 0 Å². The summed E-state index contributed by atoms with van der Waals surface area (Å²) in [6, 6.07) is 9.87. The SMILES string of the molecule is CCCC1CC(NC(C)c2ccc(C)cc2)CCO1. The van der Waals surface area contributed by atoms with Crippen LogP contribution >= 0.6 is 0 Å². The number of ether oxygens (including phenoxy) is 1. The highest BCUT2D eigenvalue weighted by atomic mass is 16.5. The van der Waals surface area contributed by atoms with Crippen molar-refractivity contribution in [1.82, 2.24) is 5.32 Å². The van der Waals surface area contributed by atoms with Crippen molar-refractivity contribution < 1.29 is 4.74 Å². The van der Waals surface area contributed by atoms with Crippen LogP contribution in [0.4, 0.5) is 0 Å². The average molecular weight is 261 g/mol. The third-order valence-corrected chi connectivity index (χ3v) is 4.04. The molecular weight excluding hydrogens is 234 g/mol. The molecule has 1 aliphatic heterocycles. The Morgan fingerprint density at radius 2 is 2.05 bits per heavy atom. The highest BCUT2D eigenvalue weighted by Crippen LogP contribution is 2.21. The van der Waals surface area contributed by atoms with Gasteiger partial charge < -0.3 is 10.1 Å². The van der Waals surface area contributed by atoms with Crippen LogP contribution in [0.1, 0.15) is 56.7 Å². The van der Waals surface area contributed by atoms with E-state index in [1.165, 1.54) is 24.0 Å². The molecule has 0 saturated carbocycles. The molecule has 3 unspecified atom stereocenters. The predicted octanol–water partition coefficient (Wildman–Crippen LogP) is 3.99. The molecule has 1 N–H and O–H groups in total. The van der Waals surface area contributed by atoms with Gasteiger partial charge in [-0.1, -0.05) is 43.2 Å². The standard InChI is InChI=1S/C17H27NO/c1-4-5-17-12-16(10-11-19-17)18-14(3)15-8-6-13(2)7-9-15/h6-9,14,16-18H,4-5,10-12H2,1-3H3. The molecule has 0 spiro atoms. The molecule has 1 aliphatic rings. The number of aryl methyl sites for hydroxylation is 1. The second-order valence-electron chi connectivity index (χ2n) is 5.80. The summed E-state index contributed by atoms with van der Waals surface area (Å²) in [7, 11) is 0. The van der Waals surface area contributed by atoms with Crippen LogP contribution in [-0.4, -0.2) is 18.8 Å². The van der Waals surface area contributed by atoms with E-state index in [4.69, 9.17) is 4.74 Å². The fourth-order valence-corrected chi connectivity index (χ4v) is 2.86. The van der Waals surface area contributed by atoms with E-state index in [0.717, 1.165) is 19.4 Å². The summed E-state index contributed by atoms with van der Waals surface area (Å²) in [5.74, 6) is 0. The van der Waals surface area contributed by atoms with Crippen molar-refractivity contribution in [2.24, 2.45) is 0 Å². The summed E-state index contributed by atoms with van der Waals surface area (Å²) < 4.78 is 5.81. The zero-order valence-electron chi connectivity index (χ0n) is 12.5. The topological polar surface area (TPSA) is 21.3 Å². The lowest BCUT2D eigenvalue weighted by atomic mass is 9.98. The van der Waals surface area contributed by atoms with Gasteiger partial charge in [0.1, 0.15) is 0 Å². The summed E-state index contributed by atoms with van der Waals surface area (Å²) in [6.45, 7) is 7.53. The Hall–Kier alpha value is -0.860. The molecule has 1 aromatic carbocycles. The van der Waals surface area contributed by atoms with Crippen LogP contribution in [-0.2, 0) is 4.74 Å². The van der Waals surface area contributed by atoms with E-state index < -0.39 is 0 Å². The zero-order chi connectivity index (χ0) is 13.7. The fourth-order valence-electron chi connectivity index (χ4n) is 2.86. The van der Waals surface area contributed by atoms with Crippen molar-refractivity contribution in [3.8, 4) is 0 Å². The average Bonchev–Trinajstić information content (AvgIpc) is 2.40. The maximum atomic E-state index is 5.81. The molecule has 0 amide bonds. The van der Waals surface area contributed by atoms with E-state index in [0.29, 0.717) is 18.2 Å². The van der Waals surface area contributed by atoms with Crippen molar-refractivity contribution in [1.29, 1.82) is 0 Å². The summed E-state index contributed by atoms with van der Waals surface area (Å²) in [5.41, 5.74) is 2.70. The van der Waals surface area contributed by atoms with Crippen LogP contribution in [0.15, 0.2) is 24.3 Å². The first-order chi connectivity index (χ1) is 9.19. The van der Waals surface area contributed by atoms with Gasteiger partial charge in [-0.15, -0.1) is 0 Å². The first kappa shape index (κ1) is 14.5. The lowest BCUT2D eigenvalue weighted by Crippen LogP contribution is -2.40. The molecule has 0 radical (unpaired) electrons. The van der Waals surface area contributed by atoms with Gasteiger partial charge in [0.05, 0.1) is 6.10 Å². The number of hydrogen-bond acceptors (Lipinski definition) is 2. The van der Waals surface area contributed by atoms with Crippen LogP contribution in [0, 0.1) is 6.92 Å². The van der Waals surface area contributed by atoms with Gasteiger partial charge in [-0.2, -0.15) is 0 Å². The predicted molar refractivity (Wildman–Crippen MR) is 80.4 cm³/mol. The molecule has 2 heteroatoms. The number of hydrogen-bond donors (Lipinski definition) is 1. The van der Waals surface area contributed by atoms with Crippen molar-refractivity contribution in [3.63, 3.8) is 0 Å². The van der Waals surface area contributed by atoms with Crippen molar-refractivity contribution in [2.45, 2.75) is 64.6 Å². The van der Waals surface area contributed by atoms with Gasteiger partial charge in [-0.05, 0) is 38.7 Å². The van der Waals surface area contributed by atoms with Crippen LogP contribution in [0.3, 0.4) is 0 Å². The quantitative estimate of drug-likeness (QED) is 0.865. The summed E-state index contributed by atoms with van der Waals surface area (Å²) in [6.07, 6.45) is 5.16.